The minimum Gasteiger partial charge on any atom is -0.508 e. The number of benzene rings is 2. The number of phenolic OH excluding ortho intramolecular Hbond substituents is 2. The summed E-state index contributed by atoms with van der Waals surface area (Å²) in [5.74, 6) is 3.47. The van der Waals surface area contributed by atoms with Crippen LogP contribution >= 0.6 is 0 Å². The van der Waals surface area contributed by atoms with Crippen LogP contribution in [0.4, 0.5) is 0 Å². The summed E-state index contributed by atoms with van der Waals surface area (Å²) < 4.78 is 0. The van der Waals surface area contributed by atoms with Gasteiger partial charge in [0.1, 0.15) is 11.5 Å². The summed E-state index contributed by atoms with van der Waals surface area (Å²) in [7, 11) is 0. The van der Waals surface area contributed by atoms with Crippen LogP contribution in [0.25, 0.3) is 0 Å². The molecule has 0 amide bonds. The summed E-state index contributed by atoms with van der Waals surface area (Å²) >= 11 is 0. The molecule has 0 aliphatic heterocycles. The van der Waals surface area contributed by atoms with Gasteiger partial charge in [-0.1, -0.05) is 140 Å². The molecular weight excluding hydrogens is 488 g/mol. The average Bonchev–Trinajstić information content (AvgIpc) is 2.99. The Bertz CT molecular complexity index is 883. The highest BCUT2D eigenvalue weighted by molar-refractivity contribution is 5.43. The van der Waals surface area contributed by atoms with Crippen LogP contribution in [-0.4, -0.2) is 10.2 Å². The zero-order valence-electron chi connectivity index (χ0n) is 25.6. The van der Waals surface area contributed by atoms with E-state index in [9.17, 15) is 10.2 Å². The molecule has 0 aromatic heterocycles. The SMILES string of the molecule is CCCCCCCCCCCCC1CCC(CCC2CCC(c3ccc(O)cc3)(c3ccc(O)cc3)CC2)CC1. The Morgan fingerprint density at radius 1 is 0.500 bits per heavy atom. The molecule has 2 aromatic rings. The van der Waals surface area contributed by atoms with E-state index >= 15 is 0 Å². The van der Waals surface area contributed by atoms with E-state index < -0.39 is 0 Å². The predicted octanol–water partition coefficient (Wildman–Crippen LogP) is 11.5. The van der Waals surface area contributed by atoms with Crippen LogP contribution in [0.2, 0.25) is 0 Å². The first-order chi connectivity index (χ1) is 19.6. The fraction of sp³-hybridized carbons (Fsp3) is 0.684. The Balaban J connectivity index is 1.12. The molecule has 0 atom stereocenters. The summed E-state index contributed by atoms with van der Waals surface area (Å²) in [5.41, 5.74) is 2.59. The highest BCUT2D eigenvalue weighted by Crippen LogP contribution is 2.48. The van der Waals surface area contributed by atoms with Crippen molar-refractivity contribution in [2.45, 2.75) is 147 Å². The second-order valence-corrected chi connectivity index (χ2v) is 13.6. The van der Waals surface area contributed by atoms with Crippen LogP contribution in [-0.2, 0) is 5.41 Å². The number of hydrogen-bond donors (Lipinski definition) is 2. The maximum absolute atomic E-state index is 9.88. The van der Waals surface area contributed by atoms with Crippen LogP contribution < -0.4 is 0 Å². The summed E-state index contributed by atoms with van der Waals surface area (Å²) in [5, 5.41) is 19.8. The van der Waals surface area contributed by atoms with E-state index in [0.29, 0.717) is 11.5 Å². The number of phenols is 2. The van der Waals surface area contributed by atoms with Gasteiger partial charge in [0, 0.05) is 5.41 Å². The van der Waals surface area contributed by atoms with Gasteiger partial charge >= 0.3 is 0 Å². The molecule has 2 N–H and O–H groups in total. The van der Waals surface area contributed by atoms with Crippen LogP contribution in [0.5, 0.6) is 11.5 Å². The Labute approximate surface area is 246 Å². The van der Waals surface area contributed by atoms with Gasteiger partial charge in [-0.3, -0.25) is 0 Å². The standard InChI is InChI=1S/C38H58O2/c1-2-3-4-5-6-7-8-9-10-11-12-31-13-15-32(16-14-31)17-18-33-27-29-38(30-28-33,34-19-23-36(39)24-20-34)35-21-25-37(40)26-22-35/h19-26,31-33,39-40H,2-18,27-30H2,1H3. The Kier molecular flexibility index (Phi) is 12.8. The van der Waals surface area contributed by atoms with Crippen molar-refractivity contribution in [1.82, 2.24) is 0 Å². The first-order valence-electron chi connectivity index (χ1n) is 17.2. The van der Waals surface area contributed by atoms with Crippen LogP contribution in [0.3, 0.4) is 0 Å². The maximum atomic E-state index is 9.88. The quantitative estimate of drug-likeness (QED) is 0.206. The van der Waals surface area contributed by atoms with Crippen LogP contribution in [0.1, 0.15) is 153 Å². The monoisotopic (exact) mass is 546 g/mol. The van der Waals surface area contributed by atoms with Gasteiger partial charge in [0.25, 0.3) is 0 Å². The van der Waals surface area contributed by atoms with E-state index in [-0.39, 0.29) is 5.41 Å². The zero-order valence-corrected chi connectivity index (χ0v) is 25.6. The van der Waals surface area contributed by atoms with Gasteiger partial charge in [0.2, 0.25) is 0 Å². The van der Waals surface area contributed by atoms with Gasteiger partial charge in [-0.15, -0.1) is 0 Å². The molecule has 40 heavy (non-hydrogen) atoms. The normalized spacial score (nSPS) is 21.4. The zero-order chi connectivity index (χ0) is 28.0. The molecule has 0 bridgehead atoms. The Morgan fingerprint density at radius 2 is 0.875 bits per heavy atom. The highest BCUT2D eigenvalue weighted by Gasteiger charge is 2.38. The van der Waals surface area contributed by atoms with Crippen molar-refractivity contribution in [3.63, 3.8) is 0 Å². The largest absolute Gasteiger partial charge is 0.508 e. The third kappa shape index (κ3) is 9.28. The summed E-state index contributed by atoms with van der Waals surface area (Å²) in [4.78, 5) is 0. The van der Waals surface area contributed by atoms with Crippen molar-refractivity contribution in [3.8, 4) is 11.5 Å². The summed E-state index contributed by atoms with van der Waals surface area (Å²) in [6, 6.07) is 15.7. The van der Waals surface area contributed by atoms with Crippen molar-refractivity contribution in [1.29, 1.82) is 0 Å². The topological polar surface area (TPSA) is 40.5 Å². The third-order valence-corrected chi connectivity index (χ3v) is 10.7. The molecular formula is C38H58O2. The molecule has 0 saturated heterocycles. The number of hydrogen-bond acceptors (Lipinski definition) is 2. The summed E-state index contributed by atoms with van der Waals surface area (Å²) in [6.07, 6.45) is 29.5. The Hall–Kier alpha value is -1.96. The van der Waals surface area contributed by atoms with Crippen molar-refractivity contribution in [2.75, 3.05) is 0 Å². The molecule has 2 heteroatoms. The van der Waals surface area contributed by atoms with Gasteiger partial charge in [0.05, 0.1) is 0 Å². The second kappa shape index (κ2) is 16.5. The van der Waals surface area contributed by atoms with Gasteiger partial charge in [-0.2, -0.15) is 0 Å². The molecule has 2 fully saturated rings. The number of unbranched alkanes of at least 4 members (excludes halogenated alkanes) is 9. The molecule has 0 unspecified atom stereocenters. The second-order valence-electron chi connectivity index (χ2n) is 13.6. The molecule has 0 radical (unpaired) electrons. The van der Waals surface area contributed by atoms with Gasteiger partial charge in [-0.05, 0) is 78.8 Å². The lowest BCUT2D eigenvalue weighted by Gasteiger charge is -2.42. The lowest BCUT2D eigenvalue weighted by atomic mass is 9.62. The smallest absolute Gasteiger partial charge is 0.115 e. The molecule has 2 aromatic carbocycles. The maximum Gasteiger partial charge on any atom is 0.115 e. The minimum absolute atomic E-state index is 0.00933. The molecule has 222 valence electrons. The van der Waals surface area contributed by atoms with E-state index in [1.807, 2.05) is 24.3 Å². The fourth-order valence-electron chi connectivity index (χ4n) is 7.96. The summed E-state index contributed by atoms with van der Waals surface area (Å²) in [6.45, 7) is 2.30. The first kappa shape index (κ1) is 31.0. The van der Waals surface area contributed by atoms with E-state index in [1.54, 1.807) is 0 Å². The van der Waals surface area contributed by atoms with E-state index in [2.05, 4.69) is 31.2 Å². The van der Waals surface area contributed by atoms with E-state index in [0.717, 1.165) is 30.6 Å². The lowest BCUT2D eigenvalue weighted by molar-refractivity contribution is 0.208. The number of aromatic hydroxyl groups is 2. The van der Waals surface area contributed by atoms with Crippen molar-refractivity contribution in [3.05, 3.63) is 59.7 Å². The average molecular weight is 547 g/mol. The molecule has 0 spiro atoms. The van der Waals surface area contributed by atoms with Crippen molar-refractivity contribution >= 4 is 0 Å². The molecule has 2 aliphatic carbocycles. The van der Waals surface area contributed by atoms with Gasteiger partial charge < -0.3 is 10.2 Å². The molecule has 4 rings (SSSR count). The van der Waals surface area contributed by atoms with Gasteiger partial charge in [-0.25, -0.2) is 0 Å². The van der Waals surface area contributed by atoms with Crippen LogP contribution in [0.15, 0.2) is 48.5 Å². The minimum atomic E-state index is -0.00933. The molecule has 0 heterocycles. The molecule has 2 nitrogen and oxygen atoms in total. The van der Waals surface area contributed by atoms with Crippen molar-refractivity contribution in [2.24, 2.45) is 17.8 Å². The highest BCUT2D eigenvalue weighted by atomic mass is 16.3. The predicted molar refractivity (Wildman–Crippen MR) is 170 cm³/mol. The molecule has 2 aliphatic rings. The lowest BCUT2D eigenvalue weighted by Crippen LogP contribution is -2.33. The molecule has 2 saturated carbocycles. The van der Waals surface area contributed by atoms with E-state index in [1.165, 1.54) is 133 Å². The Morgan fingerprint density at radius 3 is 1.32 bits per heavy atom. The van der Waals surface area contributed by atoms with Gasteiger partial charge in [0.15, 0.2) is 0 Å². The number of rotatable bonds is 16. The third-order valence-electron chi connectivity index (χ3n) is 10.7. The van der Waals surface area contributed by atoms with Crippen molar-refractivity contribution < 1.29 is 10.2 Å². The fourth-order valence-corrected chi connectivity index (χ4v) is 7.96. The first-order valence-corrected chi connectivity index (χ1v) is 17.2. The van der Waals surface area contributed by atoms with Crippen LogP contribution in [0, 0.1) is 17.8 Å². The van der Waals surface area contributed by atoms with E-state index in [4.69, 9.17) is 0 Å².